The van der Waals surface area contributed by atoms with Gasteiger partial charge in [-0.1, -0.05) is 48.5 Å². The van der Waals surface area contributed by atoms with Crippen molar-refractivity contribution in [3.05, 3.63) is 59.7 Å². The molecule has 2 N–H and O–H groups in total. The molecule has 1 aliphatic heterocycles. The monoisotopic (exact) mass is 474 g/mol. The van der Waals surface area contributed by atoms with E-state index in [9.17, 15) is 14.4 Å². The highest BCUT2D eigenvalue weighted by atomic mass is 16.5. The number of nitrogens with zero attached hydrogens (tertiary/aromatic N) is 1. The summed E-state index contributed by atoms with van der Waals surface area (Å²) in [7, 11) is 0. The van der Waals surface area contributed by atoms with Gasteiger partial charge in [0.2, 0.25) is 5.91 Å². The zero-order valence-corrected chi connectivity index (χ0v) is 19.6. The Morgan fingerprint density at radius 1 is 0.943 bits per heavy atom. The molecule has 4 atom stereocenters. The largest absolute Gasteiger partial charge is 0.481 e. The molecule has 0 bridgehead atoms. The Kier molecular flexibility index (Phi) is 5.50. The molecule has 6 rings (SSSR count). The average Bonchev–Trinajstić information content (AvgIpc) is 3.17. The number of carbonyl (C=O) groups excluding carboxylic acids is 2. The van der Waals surface area contributed by atoms with Crippen molar-refractivity contribution in [1.29, 1.82) is 0 Å². The number of likely N-dealkylation sites (tertiary alicyclic amines) is 1. The Morgan fingerprint density at radius 2 is 1.57 bits per heavy atom. The number of nitrogens with one attached hydrogen (secondary N) is 1. The Hall–Kier alpha value is -3.35. The van der Waals surface area contributed by atoms with Gasteiger partial charge in [0.1, 0.15) is 6.61 Å². The van der Waals surface area contributed by atoms with E-state index in [-0.39, 0.29) is 41.5 Å². The molecule has 182 valence electrons. The van der Waals surface area contributed by atoms with E-state index in [1.165, 1.54) is 22.3 Å². The number of carboxylic acids is 1. The highest BCUT2D eigenvalue weighted by Gasteiger charge is 2.60. The lowest BCUT2D eigenvalue weighted by Crippen LogP contribution is -2.35. The molecule has 4 aliphatic rings. The molecule has 3 aliphatic carbocycles. The zero-order valence-electron chi connectivity index (χ0n) is 19.6. The number of ether oxygens (including phenoxy) is 1. The SMILES string of the molecule is O=C(N[C@@H]1CC[C@H](CC(=O)N2CC3C(C2)C3C(=O)O)C1)OCC1c2ccccc2-c2ccccc21. The van der Waals surface area contributed by atoms with Gasteiger partial charge in [0.15, 0.2) is 0 Å². The molecule has 7 heteroatoms. The van der Waals surface area contributed by atoms with Crippen LogP contribution in [-0.2, 0) is 14.3 Å². The number of benzene rings is 2. The van der Waals surface area contributed by atoms with Crippen LogP contribution in [0.1, 0.15) is 42.7 Å². The second kappa shape index (κ2) is 8.70. The van der Waals surface area contributed by atoms with Crippen LogP contribution in [0.2, 0.25) is 0 Å². The minimum absolute atomic E-state index is 0.0202. The first-order valence-electron chi connectivity index (χ1n) is 12.6. The van der Waals surface area contributed by atoms with Crippen LogP contribution in [0.4, 0.5) is 4.79 Å². The quantitative estimate of drug-likeness (QED) is 0.663. The van der Waals surface area contributed by atoms with Crippen molar-refractivity contribution in [3.8, 4) is 11.1 Å². The summed E-state index contributed by atoms with van der Waals surface area (Å²) in [6.07, 6.45) is 2.59. The number of amides is 2. The zero-order chi connectivity index (χ0) is 24.1. The molecule has 2 saturated carbocycles. The highest BCUT2D eigenvalue weighted by Crippen LogP contribution is 2.52. The standard InChI is InChI=1S/C28H30N2O5/c31-25(30-13-22-23(14-30)26(22)27(32)33)12-16-9-10-17(11-16)29-28(34)35-15-24-20-7-3-1-5-18(20)19-6-2-4-8-21(19)24/h1-8,16-17,22-24,26H,9-15H2,(H,29,34)(H,32,33)/t16-,17+,22?,23?,26?/m0/s1. The van der Waals surface area contributed by atoms with Crippen molar-refractivity contribution in [2.45, 2.75) is 37.6 Å². The van der Waals surface area contributed by atoms with Crippen molar-refractivity contribution in [1.82, 2.24) is 10.2 Å². The summed E-state index contributed by atoms with van der Waals surface area (Å²) < 4.78 is 5.67. The van der Waals surface area contributed by atoms with Gasteiger partial charge in [-0.15, -0.1) is 0 Å². The summed E-state index contributed by atoms with van der Waals surface area (Å²) in [4.78, 5) is 38.2. The van der Waals surface area contributed by atoms with E-state index in [1.54, 1.807) is 0 Å². The lowest BCUT2D eigenvalue weighted by Gasteiger charge is -2.21. The number of alkyl carbamates (subject to hydrolysis) is 1. The number of carboxylic acid groups (broad SMARTS) is 1. The van der Waals surface area contributed by atoms with Gasteiger partial charge >= 0.3 is 12.1 Å². The summed E-state index contributed by atoms with van der Waals surface area (Å²) >= 11 is 0. The maximum Gasteiger partial charge on any atom is 0.407 e. The fraction of sp³-hybridized carbons (Fsp3) is 0.464. The predicted molar refractivity (Wildman–Crippen MR) is 129 cm³/mol. The molecule has 0 aromatic heterocycles. The van der Waals surface area contributed by atoms with Gasteiger partial charge in [-0.25, -0.2) is 4.79 Å². The van der Waals surface area contributed by atoms with Crippen LogP contribution in [0.25, 0.3) is 11.1 Å². The number of fused-ring (bicyclic) bond motifs is 4. The van der Waals surface area contributed by atoms with Crippen LogP contribution in [0.3, 0.4) is 0 Å². The summed E-state index contributed by atoms with van der Waals surface area (Å²) in [5, 5.41) is 12.2. The van der Waals surface area contributed by atoms with E-state index in [0.717, 1.165) is 19.3 Å². The molecular weight excluding hydrogens is 444 g/mol. The van der Waals surface area contributed by atoms with Gasteiger partial charge in [-0.05, 0) is 59.3 Å². The molecule has 35 heavy (non-hydrogen) atoms. The maximum atomic E-state index is 12.7. The normalized spacial score (nSPS) is 28.2. The smallest absolute Gasteiger partial charge is 0.407 e. The second-order valence-corrected chi connectivity index (χ2v) is 10.5. The Balaban J connectivity index is 0.972. The van der Waals surface area contributed by atoms with Gasteiger partial charge in [0, 0.05) is 31.5 Å². The molecule has 3 fully saturated rings. The fourth-order valence-electron chi connectivity index (χ4n) is 6.67. The first-order valence-corrected chi connectivity index (χ1v) is 12.6. The molecule has 7 nitrogen and oxygen atoms in total. The van der Waals surface area contributed by atoms with E-state index in [4.69, 9.17) is 9.84 Å². The Morgan fingerprint density at radius 3 is 2.20 bits per heavy atom. The van der Waals surface area contributed by atoms with Crippen molar-refractivity contribution in [2.24, 2.45) is 23.7 Å². The van der Waals surface area contributed by atoms with E-state index in [0.29, 0.717) is 26.1 Å². The van der Waals surface area contributed by atoms with Crippen LogP contribution >= 0.6 is 0 Å². The van der Waals surface area contributed by atoms with Crippen LogP contribution in [0.15, 0.2) is 48.5 Å². The van der Waals surface area contributed by atoms with E-state index in [2.05, 4.69) is 29.6 Å². The van der Waals surface area contributed by atoms with Gasteiger partial charge in [0.25, 0.3) is 0 Å². The molecule has 0 spiro atoms. The van der Waals surface area contributed by atoms with Crippen molar-refractivity contribution < 1.29 is 24.2 Å². The van der Waals surface area contributed by atoms with Gasteiger partial charge < -0.3 is 20.1 Å². The Labute approximate surface area is 204 Å². The molecule has 0 radical (unpaired) electrons. The molecule has 1 heterocycles. The van der Waals surface area contributed by atoms with E-state index in [1.807, 2.05) is 29.2 Å². The third kappa shape index (κ3) is 4.07. The van der Waals surface area contributed by atoms with Crippen LogP contribution in [0.5, 0.6) is 0 Å². The molecule has 2 aromatic rings. The third-order valence-electron chi connectivity index (χ3n) is 8.50. The maximum absolute atomic E-state index is 12.7. The first-order chi connectivity index (χ1) is 17.0. The minimum atomic E-state index is -0.731. The van der Waals surface area contributed by atoms with Gasteiger partial charge in [0.05, 0.1) is 5.92 Å². The van der Waals surface area contributed by atoms with E-state index < -0.39 is 12.1 Å². The molecule has 2 aromatic carbocycles. The summed E-state index contributed by atoms with van der Waals surface area (Å²) in [6, 6.07) is 16.6. The molecule has 2 unspecified atom stereocenters. The van der Waals surface area contributed by atoms with Crippen LogP contribution in [-0.4, -0.2) is 53.7 Å². The van der Waals surface area contributed by atoms with Crippen LogP contribution in [0, 0.1) is 23.7 Å². The number of piperidine rings is 1. The number of rotatable bonds is 6. The average molecular weight is 475 g/mol. The fourth-order valence-corrected chi connectivity index (χ4v) is 6.67. The molecule has 2 amide bonds. The lowest BCUT2D eigenvalue weighted by atomic mass is 9.98. The predicted octanol–water partition coefficient (Wildman–Crippen LogP) is 3.87. The highest BCUT2D eigenvalue weighted by molar-refractivity contribution is 5.80. The van der Waals surface area contributed by atoms with Crippen LogP contribution < -0.4 is 5.32 Å². The van der Waals surface area contributed by atoms with Gasteiger partial charge in [-0.2, -0.15) is 0 Å². The van der Waals surface area contributed by atoms with Gasteiger partial charge in [-0.3, -0.25) is 9.59 Å². The van der Waals surface area contributed by atoms with Crippen molar-refractivity contribution in [3.63, 3.8) is 0 Å². The third-order valence-corrected chi connectivity index (χ3v) is 8.50. The van der Waals surface area contributed by atoms with Crippen molar-refractivity contribution >= 4 is 18.0 Å². The number of carbonyl (C=O) groups is 3. The topological polar surface area (TPSA) is 95.9 Å². The second-order valence-electron chi connectivity index (χ2n) is 10.5. The minimum Gasteiger partial charge on any atom is -0.481 e. The number of aliphatic carboxylic acids is 1. The van der Waals surface area contributed by atoms with E-state index >= 15 is 0 Å². The summed E-state index contributed by atoms with van der Waals surface area (Å²) in [5.41, 5.74) is 4.79. The lowest BCUT2D eigenvalue weighted by molar-refractivity contribution is -0.141. The number of hydrogen-bond acceptors (Lipinski definition) is 4. The van der Waals surface area contributed by atoms with Crippen molar-refractivity contribution in [2.75, 3.05) is 19.7 Å². The first kappa shape index (κ1) is 22.1. The molecule has 1 saturated heterocycles. The summed E-state index contributed by atoms with van der Waals surface area (Å²) in [6.45, 7) is 1.45. The Bertz CT molecular complexity index is 1120. The summed E-state index contributed by atoms with van der Waals surface area (Å²) in [5.74, 6) is -0.302. The molecular formula is C28H30N2O5. The number of hydrogen-bond donors (Lipinski definition) is 2.